The van der Waals surface area contributed by atoms with Crippen molar-refractivity contribution in [2.75, 3.05) is 5.32 Å². The van der Waals surface area contributed by atoms with Crippen LogP contribution in [0.1, 0.15) is 36.1 Å². The average molecular weight is 406 g/mol. The van der Waals surface area contributed by atoms with Gasteiger partial charge in [-0.1, -0.05) is 29.3 Å². The summed E-state index contributed by atoms with van der Waals surface area (Å²) in [6, 6.07) is 11.9. The van der Waals surface area contributed by atoms with Crippen molar-refractivity contribution in [2.45, 2.75) is 26.5 Å². The Hall–Kier alpha value is -2.64. The van der Waals surface area contributed by atoms with Crippen molar-refractivity contribution in [1.82, 2.24) is 20.2 Å². The summed E-state index contributed by atoms with van der Waals surface area (Å²) in [6.45, 7) is 4.16. The van der Waals surface area contributed by atoms with E-state index < -0.39 is 0 Å². The van der Waals surface area contributed by atoms with Crippen molar-refractivity contribution in [3.8, 4) is 5.75 Å². The topological polar surface area (TPSA) is 81.9 Å². The van der Waals surface area contributed by atoms with E-state index in [4.69, 9.17) is 27.9 Å². The first-order chi connectivity index (χ1) is 12.9. The SMILES string of the molecule is CC(C)n1nnnc1COc1cccc(C(=O)Nc2ccc(Cl)c(Cl)c2)c1. The summed E-state index contributed by atoms with van der Waals surface area (Å²) < 4.78 is 7.42. The highest BCUT2D eigenvalue weighted by Gasteiger charge is 2.12. The molecule has 3 rings (SSSR count). The number of anilines is 1. The monoisotopic (exact) mass is 405 g/mol. The van der Waals surface area contributed by atoms with Crippen molar-refractivity contribution in [2.24, 2.45) is 0 Å². The molecule has 140 valence electrons. The number of hydrogen-bond donors (Lipinski definition) is 1. The highest BCUT2D eigenvalue weighted by atomic mass is 35.5. The van der Waals surface area contributed by atoms with Gasteiger partial charge in [-0.05, 0) is 60.7 Å². The van der Waals surface area contributed by atoms with E-state index in [1.165, 1.54) is 0 Å². The number of ether oxygens (including phenoxy) is 1. The molecule has 0 aliphatic rings. The van der Waals surface area contributed by atoms with Gasteiger partial charge in [-0.25, -0.2) is 4.68 Å². The van der Waals surface area contributed by atoms with Crippen LogP contribution in [-0.2, 0) is 6.61 Å². The summed E-state index contributed by atoms with van der Waals surface area (Å²) >= 11 is 11.9. The molecule has 0 unspecified atom stereocenters. The van der Waals surface area contributed by atoms with Crippen LogP contribution < -0.4 is 10.1 Å². The van der Waals surface area contributed by atoms with Crippen LogP contribution in [0, 0.1) is 0 Å². The first-order valence-corrected chi connectivity index (χ1v) is 8.95. The molecular weight excluding hydrogens is 389 g/mol. The quantitative estimate of drug-likeness (QED) is 0.657. The summed E-state index contributed by atoms with van der Waals surface area (Å²) in [5.41, 5.74) is 0.999. The lowest BCUT2D eigenvalue weighted by molar-refractivity contribution is 0.102. The second-order valence-electron chi connectivity index (χ2n) is 6.03. The lowest BCUT2D eigenvalue weighted by Crippen LogP contribution is -2.13. The first kappa shape index (κ1) is 19.1. The minimum absolute atomic E-state index is 0.127. The molecule has 0 aliphatic heterocycles. The van der Waals surface area contributed by atoms with Gasteiger partial charge in [0, 0.05) is 11.3 Å². The van der Waals surface area contributed by atoms with Crippen molar-refractivity contribution in [3.05, 3.63) is 63.9 Å². The van der Waals surface area contributed by atoms with Crippen LogP contribution in [0.5, 0.6) is 5.75 Å². The predicted octanol–water partition coefficient (Wildman–Crippen LogP) is 4.39. The summed E-state index contributed by atoms with van der Waals surface area (Å²) in [4.78, 5) is 12.5. The minimum Gasteiger partial charge on any atom is -0.486 e. The molecule has 2 aromatic carbocycles. The number of carbonyl (C=O) groups is 1. The maximum absolute atomic E-state index is 12.5. The minimum atomic E-state index is -0.286. The van der Waals surface area contributed by atoms with Crippen LogP contribution >= 0.6 is 23.2 Å². The molecule has 1 amide bonds. The van der Waals surface area contributed by atoms with Crippen LogP contribution in [-0.4, -0.2) is 26.1 Å². The molecule has 0 atom stereocenters. The number of rotatable bonds is 6. The van der Waals surface area contributed by atoms with E-state index in [-0.39, 0.29) is 18.6 Å². The summed E-state index contributed by atoms with van der Waals surface area (Å²) in [5.74, 6) is 0.858. The average Bonchev–Trinajstić information content (AvgIpc) is 3.12. The van der Waals surface area contributed by atoms with Crippen LogP contribution in [0.2, 0.25) is 10.0 Å². The van der Waals surface area contributed by atoms with E-state index in [0.717, 1.165) is 0 Å². The van der Waals surface area contributed by atoms with Crippen LogP contribution in [0.3, 0.4) is 0 Å². The highest BCUT2D eigenvalue weighted by Crippen LogP contribution is 2.25. The molecule has 1 heterocycles. The van der Waals surface area contributed by atoms with Gasteiger partial charge in [-0.15, -0.1) is 5.10 Å². The van der Waals surface area contributed by atoms with Crippen LogP contribution in [0.4, 0.5) is 5.69 Å². The fourth-order valence-corrected chi connectivity index (χ4v) is 2.66. The van der Waals surface area contributed by atoms with E-state index in [2.05, 4.69) is 20.8 Å². The number of tetrazole rings is 1. The lowest BCUT2D eigenvalue weighted by atomic mass is 10.2. The number of carbonyl (C=O) groups excluding carboxylic acids is 1. The second kappa shape index (κ2) is 8.37. The second-order valence-corrected chi connectivity index (χ2v) is 6.85. The van der Waals surface area contributed by atoms with Gasteiger partial charge < -0.3 is 10.1 Å². The van der Waals surface area contributed by atoms with E-state index in [1.54, 1.807) is 47.1 Å². The zero-order valence-corrected chi connectivity index (χ0v) is 16.2. The van der Waals surface area contributed by atoms with Crippen LogP contribution in [0.15, 0.2) is 42.5 Å². The molecule has 27 heavy (non-hydrogen) atoms. The number of halogens is 2. The standard InChI is InChI=1S/C18H17Cl2N5O2/c1-11(2)25-17(22-23-24-25)10-27-14-5-3-4-12(8-14)18(26)21-13-6-7-15(19)16(20)9-13/h3-9,11H,10H2,1-2H3,(H,21,26). The smallest absolute Gasteiger partial charge is 0.255 e. The summed E-state index contributed by atoms with van der Waals surface area (Å²) in [7, 11) is 0. The Morgan fingerprint density at radius 1 is 1.19 bits per heavy atom. The van der Waals surface area contributed by atoms with Gasteiger partial charge in [0.15, 0.2) is 5.82 Å². The molecule has 0 saturated heterocycles. The van der Waals surface area contributed by atoms with Gasteiger partial charge in [0.2, 0.25) is 0 Å². The van der Waals surface area contributed by atoms with E-state index in [1.807, 2.05) is 13.8 Å². The third-order valence-electron chi connectivity index (χ3n) is 3.69. The zero-order chi connectivity index (χ0) is 19.4. The van der Waals surface area contributed by atoms with Gasteiger partial charge in [0.25, 0.3) is 5.91 Å². The van der Waals surface area contributed by atoms with Gasteiger partial charge in [-0.2, -0.15) is 0 Å². The molecule has 0 fully saturated rings. The highest BCUT2D eigenvalue weighted by molar-refractivity contribution is 6.42. The molecule has 1 aromatic heterocycles. The number of amides is 1. The molecule has 1 N–H and O–H groups in total. The Morgan fingerprint density at radius 2 is 2.00 bits per heavy atom. The van der Waals surface area contributed by atoms with Gasteiger partial charge in [-0.3, -0.25) is 4.79 Å². The molecule has 0 saturated carbocycles. The fraction of sp³-hybridized carbons (Fsp3) is 0.222. The van der Waals surface area contributed by atoms with Crippen LogP contribution in [0.25, 0.3) is 0 Å². The Morgan fingerprint density at radius 3 is 2.74 bits per heavy atom. The molecule has 3 aromatic rings. The predicted molar refractivity (Wildman–Crippen MR) is 103 cm³/mol. The molecule has 0 radical (unpaired) electrons. The van der Waals surface area contributed by atoms with Crippen molar-refractivity contribution in [1.29, 1.82) is 0 Å². The third kappa shape index (κ3) is 4.75. The van der Waals surface area contributed by atoms with Crippen molar-refractivity contribution >= 4 is 34.8 Å². The molecule has 0 aliphatic carbocycles. The number of nitrogens with one attached hydrogen (secondary N) is 1. The summed E-state index contributed by atoms with van der Waals surface area (Å²) in [5, 5.41) is 15.1. The Bertz CT molecular complexity index is 958. The van der Waals surface area contributed by atoms with Gasteiger partial charge >= 0.3 is 0 Å². The lowest BCUT2D eigenvalue weighted by Gasteiger charge is -2.10. The Kier molecular flexibility index (Phi) is 5.93. The maximum Gasteiger partial charge on any atom is 0.255 e. The molecule has 0 bridgehead atoms. The maximum atomic E-state index is 12.5. The van der Waals surface area contributed by atoms with Gasteiger partial charge in [0.1, 0.15) is 12.4 Å². The number of hydrogen-bond acceptors (Lipinski definition) is 5. The van der Waals surface area contributed by atoms with E-state index in [9.17, 15) is 4.79 Å². The third-order valence-corrected chi connectivity index (χ3v) is 4.43. The largest absolute Gasteiger partial charge is 0.486 e. The molecular formula is C18H17Cl2N5O2. The van der Waals surface area contributed by atoms with Gasteiger partial charge in [0.05, 0.1) is 16.1 Å². The Balaban J connectivity index is 1.68. The number of benzene rings is 2. The van der Waals surface area contributed by atoms with Crippen molar-refractivity contribution < 1.29 is 9.53 Å². The van der Waals surface area contributed by atoms with E-state index in [0.29, 0.717) is 32.9 Å². The molecule has 9 heteroatoms. The molecule has 0 spiro atoms. The molecule has 7 nitrogen and oxygen atoms in total. The normalized spacial score (nSPS) is 10.9. The summed E-state index contributed by atoms with van der Waals surface area (Å²) in [6.07, 6.45) is 0. The van der Waals surface area contributed by atoms with Crippen molar-refractivity contribution in [3.63, 3.8) is 0 Å². The fourth-order valence-electron chi connectivity index (χ4n) is 2.36. The number of nitrogens with zero attached hydrogens (tertiary/aromatic N) is 4. The zero-order valence-electron chi connectivity index (χ0n) is 14.7. The first-order valence-electron chi connectivity index (χ1n) is 8.20. The van der Waals surface area contributed by atoms with E-state index >= 15 is 0 Å². The Labute approximate surface area is 166 Å². The number of aromatic nitrogens is 4.